The van der Waals surface area contributed by atoms with E-state index in [4.69, 9.17) is 10.8 Å². The van der Waals surface area contributed by atoms with Crippen molar-refractivity contribution in [2.24, 2.45) is 7.05 Å². The zero-order chi connectivity index (χ0) is 11.2. The second kappa shape index (κ2) is 3.23. The third-order valence-electron chi connectivity index (χ3n) is 2.17. The van der Waals surface area contributed by atoms with Crippen LogP contribution in [0.25, 0.3) is 10.9 Å². The largest absolute Gasteiger partial charge is 0.478 e. The molecule has 2 rings (SSSR count). The van der Waals surface area contributed by atoms with Gasteiger partial charge in [0, 0.05) is 12.4 Å². The summed E-state index contributed by atoms with van der Waals surface area (Å²) in [5.74, 6) is -1.00. The number of benzene rings is 1. The van der Waals surface area contributed by atoms with Crippen LogP contribution < -0.4 is 5.73 Å². The van der Waals surface area contributed by atoms with Gasteiger partial charge < -0.3 is 10.8 Å². The highest BCUT2D eigenvalue weighted by molar-refractivity contribution is 9.10. The molecule has 0 bridgehead atoms. The van der Waals surface area contributed by atoms with Crippen molar-refractivity contribution >= 4 is 38.5 Å². The van der Waals surface area contributed by atoms with Crippen molar-refractivity contribution in [2.75, 3.05) is 5.73 Å². The first-order chi connectivity index (χ1) is 7.00. The lowest BCUT2D eigenvalue weighted by Gasteiger charge is -2.01. The lowest BCUT2D eigenvalue weighted by Crippen LogP contribution is -2.00. The van der Waals surface area contributed by atoms with Crippen molar-refractivity contribution < 1.29 is 9.90 Å². The maximum absolute atomic E-state index is 10.8. The lowest BCUT2D eigenvalue weighted by molar-refractivity contribution is 0.0697. The first kappa shape index (κ1) is 9.97. The number of carboxylic acids is 1. The average Bonchev–Trinajstić information content (AvgIpc) is 2.42. The second-order valence-corrected chi connectivity index (χ2v) is 3.93. The van der Waals surface area contributed by atoms with Gasteiger partial charge in [0.2, 0.25) is 0 Å². The summed E-state index contributed by atoms with van der Waals surface area (Å²) >= 11 is 3.25. The van der Waals surface area contributed by atoms with Crippen molar-refractivity contribution in [3.8, 4) is 0 Å². The molecule has 0 atom stereocenters. The second-order valence-electron chi connectivity index (χ2n) is 3.18. The third kappa shape index (κ3) is 1.46. The zero-order valence-electron chi connectivity index (χ0n) is 7.86. The number of nitrogens with zero attached hydrogens (tertiary/aromatic N) is 2. The van der Waals surface area contributed by atoms with E-state index < -0.39 is 5.97 Å². The maximum atomic E-state index is 10.8. The SMILES string of the molecule is Cn1nc(Br)c2cc(C(=O)O)cc(N)c21. The normalized spacial score (nSPS) is 10.8. The molecule has 15 heavy (non-hydrogen) atoms. The number of nitrogens with two attached hydrogens (primary N) is 1. The molecule has 0 saturated heterocycles. The van der Waals surface area contributed by atoms with E-state index in [1.165, 1.54) is 6.07 Å². The molecule has 0 unspecified atom stereocenters. The van der Waals surface area contributed by atoms with Crippen LogP contribution in [0.15, 0.2) is 16.7 Å². The van der Waals surface area contributed by atoms with E-state index >= 15 is 0 Å². The fourth-order valence-corrected chi connectivity index (χ4v) is 2.07. The first-order valence-electron chi connectivity index (χ1n) is 4.15. The molecule has 1 aromatic carbocycles. The van der Waals surface area contributed by atoms with Crippen molar-refractivity contribution in [1.29, 1.82) is 0 Å². The fraction of sp³-hybridized carbons (Fsp3) is 0.111. The minimum atomic E-state index is -1.00. The van der Waals surface area contributed by atoms with Crippen LogP contribution in [0.1, 0.15) is 10.4 Å². The minimum Gasteiger partial charge on any atom is -0.478 e. The topological polar surface area (TPSA) is 81.1 Å². The molecule has 2 aromatic rings. The Kier molecular flexibility index (Phi) is 2.15. The van der Waals surface area contributed by atoms with Gasteiger partial charge in [0.1, 0.15) is 4.60 Å². The van der Waals surface area contributed by atoms with E-state index in [-0.39, 0.29) is 5.56 Å². The number of aromatic nitrogens is 2. The zero-order valence-corrected chi connectivity index (χ0v) is 9.45. The Morgan fingerprint density at radius 2 is 2.27 bits per heavy atom. The van der Waals surface area contributed by atoms with Crippen molar-refractivity contribution in [3.63, 3.8) is 0 Å². The molecule has 1 aromatic heterocycles. The summed E-state index contributed by atoms with van der Waals surface area (Å²) in [5.41, 5.74) is 7.06. The molecule has 0 aliphatic rings. The molecule has 0 aliphatic carbocycles. The third-order valence-corrected chi connectivity index (χ3v) is 2.76. The maximum Gasteiger partial charge on any atom is 0.335 e. The number of anilines is 1. The molecule has 1 heterocycles. The fourth-order valence-electron chi connectivity index (χ4n) is 1.53. The molecule has 0 aliphatic heterocycles. The van der Waals surface area contributed by atoms with E-state index in [0.29, 0.717) is 15.7 Å². The Balaban J connectivity index is 2.87. The summed E-state index contributed by atoms with van der Waals surface area (Å²) in [6.07, 6.45) is 0. The summed E-state index contributed by atoms with van der Waals surface area (Å²) in [6, 6.07) is 2.98. The van der Waals surface area contributed by atoms with E-state index in [2.05, 4.69) is 21.0 Å². The molecule has 6 heteroatoms. The number of halogens is 1. The molecule has 0 amide bonds. The highest BCUT2D eigenvalue weighted by atomic mass is 79.9. The Hall–Kier alpha value is -1.56. The van der Waals surface area contributed by atoms with Gasteiger partial charge in [-0.05, 0) is 28.1 Å². The van der Waals surface area contributed by atoms with Crippen molar-refractivity contribution in [2.45, 2.75) is 0 Å². The summed E-state index contributed by atoms with van der Waals surface area (Å²) in [4.78, 5) is 10.8. The summed E-state index contributed by atoms with van der Waals surface area (Å²) in [5, 5.41) is 13.7. The van der Waals surface area contributed by atoms with Crippen LogP contribution in [-0.4, -0.2) is 20.9 Å². The molecule has 0 spiro atoms. The lowest BCUT2D eigenvalue weighted by atomic mass is 10.1. The van der Waals surface area contributed by atoms with Crippen LogP contribution in [-0.2, 0) is 7.05 Å². The van der Waals surface area contributed by atoms with E-state index in [9.17, 15) is 4.79 Å². The van der Waals surface area contributed by atoms with Gasteiger partial charge >= 0.3 is 5.97 Å². The number of fused-ring (bicyclic) bond motifs is 1. The Morgan fingerprint density at radius 1 is 1.60 bits per heavy atom. The quantitative estimate of drug-likeness (QED) is 0.771. The predicted octanol–water partition coefficient (Wildman–Crippen LogP) is 1.62. The highest BCUT2D eigenvalue weighted by Gasteiger charge is 2.13. The smallest absolute Gasteiger partial charge is 0.335 e. The van der Waals surface area contributed by atoms with E-state index in [1.807, 2.05) is 0 Å². The van der Waals surface area contributed by atoms with Crippen LogP contribution >= 0.6 is 15.9 Å². The molecule has 0 radical (unpaired) electrons. The predicted molar refractivity (Wildman–Crippen MR) is 59.8 cm³/mol. The molecular weight excluding hydrogens is 262 g/mol. The number of hydrogen-bond acceptors (Lipinski definition) is 3. The van der Waals surface area contributed by atoms with Gasteiger partial charge in [0.05, 0.1) is 16.8 Å². The number of rotatable bonds is 1. The molecule has 78 valence electrons. The average molecular weight is 270 g/mol. The number of aryl methyl sites for hydroxylation is 1. The van der Waals surface area contributed by atoms with Gasteiger partial charge in [-0.15, -0.1) is 0 Å². The Morgan fingerprint density at radius 3 is 2.87 bits per heavy atom. The van der Waals surface area contributed by atoms with Gasteiger partial charge in [-0.1, -0.05) is 0 Å². The van der Waals surface area contributed by atoms with E-state index in [1.54, 1.807) is 17.8 Å². The van der Waals surface area contributed by atoms with Crippen LogP contribution in [0.2, 0.25) is 0 Å². The molecule has 5 nitrogen and oxygen atoms in total. The van der Waals surface area contributed by atoms with Crippen LogP contribution in [0.4, 0.5) is 5.69 Å². The minimum absolute atomic E-state index is 0.161. The van der Waals surface area contributed by atoms with Crippen molar-refractivity contribution in [1.82, 2.24) is 9.78 Å². The molecule has 0 saturated carbocycles. The van der Waals surface area contributed by atoms with Gasteiger partial charge in [0.15, 0.2) is 0 Å². The van der Waals surface area contributed by atoms with Gasteiger partial charge in [-0.2, -0.15) is 5.10 Å². The summed E-state index contributed by atoms with van der Waals surface area (Å²) in [6.45, 7) is 0. The Labute approximate surface area is 93.6 Å². The number of nitrogen functional groups attached to an aromatic ring is 1. The first-order valence-corrected chi connectivity index (χ1v) is 4.95. The standard InChI is InChI=1S/C9H8BrN3O2/c1-13-7-5(8(10)12-13)2-4(9(14)15)3-6(7)11/h2-3H,11H2,1H3,(H,14,15). The summed E-state index contributed by atoms with van der Waals surface area (Å²) in [7, 11) is 1.75. The summed E-state index contributed by atoms with van der Waals surface area (Å²) < 4.78 is 2.20. The van der Waals surface area contributed by atoms with Gasteiger partial charge in [0.25, 0.3) is 0 Å². The monoisotopic (exact) mass is 269 g/mol. The van der Waals surface area contributed by atoms with Crippen LogP contribution in [0, 0.1) is 0 Å². The number of carboxylic acid groups (broad SMARTS) is 1. The molecule has 0 fully saturated rings. The van der Waals surface area contributed by atoms with Gasteiger partial charge in [-0.3, -0.25) is 4.68 Å². The van der Waals surface area contributed by atoms with E-state index in [0.717, 1.165) is 5.52 Å². The van der Waals surface area contributed by atoms with Crippen LogP contribution in [0.3, 0.4) is 0 Å². The van der Waals surface area contributed by atoms with Crippen LogP contribution in [0.5, 0.6) is 0 Å². The number of hydrogen-bond donors (Lipinski definition) is 2. The highest BCUT2D eigenvalue weighted by Crippen LogP contribution is 2.28. The molecule has 3 N–H and O–H groups in total. The van der Waals surface area contributed by atoms with Gasteiger partial charge in [-0.25, -0.2) is 4.79 Å². The number of aromatic carboxylic acids is 1. The molecular formula is C9H8BrN3O2. The number of carbonyl (C=O) groups is 1. The van der Waals surface area contributed by atoms with Crippen molar-refractivity contribution in [3.05, 3.63) is 22.3 Å². The Bertz CT molecular complexity index is 562.